The molecule has 3 atom stereocenters. The standard InChI is InChI=1S/C31H42N4O7/c1-4-5-10-35(24-8-6-7-21(12-24)15-32)28(38)17-34-16-25(22-13-23(18-36)30-27(14-22)41-19-42-30)29(31(39)40)26(34)9-11-33(3)20(2)37/h6-8,12-14,25-26,29,36H,4-5,9-11,15-19,32H2,1-3H3,(H,39,40)/t25-,26+,29-/m1/s1. The summed E-state index contributed by atoms with van der Waals surface area (Å²) in [4.78, 5) is 44.0. The quantitative estimate of drug-likeness (QED) is 0.324. The number of hydrogen-bond donors (Lipinski definition) is 3. The fourth-order valence-electron chi connectivity index (χ4n) is 5.94. The number of carbonyl (C=O) groups excluding carboxylic acids is 2. The van der Waals surface area contributed by atoms with Crippen molar-refractivity contribution in [3.63, 3.8) is 0 Å². The molecule has 42 heavy (non-hydrogen) atoms. The van der Waals surface area contributed by atoms with Gasteiger partial charge < -0.3 is 35.2 Å². The number of unbranched alkanes of at least 4 members (excludes halogenated alkanes) is 1. The van der Waals surface area contributed by atoms with Gasteiger partial charge in [0.2, 0.25) is 18.6 Å². The van der Waals surface area contributed by atoms with Crippen molar-refractivity contribution in [2.75, 3.05) is 44.9 Å². The minimum atomic E-state index is -0.980. The Hall–Kier alpha value is -3.67. The molecule has 4 N–H and O–H groups in total. The Kier molecular flexibility index (Phi) is 10.4. The zero-order valence-electron chi connectivity index (χ0n) is 24.6. The third kappa shape index (κ3) is 6.86. The van der Waals surface area contributed by atoms with Gasteiger partial charge in [-0.3, -0.25) is 19.3 Å². The first-order valence-electron chi connectivity index (χ1n) is 14.5. The first-order valence-corrected chi connectivity index (χ1v) is 14.5. The summed E-state index contributed by atoms with van der Waals surface area (Å²) in [6, 6.07) is 10.6. The molecule has 228 valence electrons. The van der Waals surface area contributed by atoms with Crippen molar-refractivity contribution in [2.24, 2.45) is 11.7 Å². The molecule has 11 heteroatoms. The number of aliphatic carboxylic acids is 1. The minimum absolute atomic E-state index is 0.0166. The van der Waals surface area contributed by atoms with Gasteiger partial charge in [0, 0.05) is 63.4 Å². The van der Waals surface area contributed by atoms with E-state index < -0.39 is 23.8 Å². The number of ether oxygens (including phenoxy) is 2. The third-order valence-corrected chi connectivity index (χ3v) is 8.33. The normalized spacial score (nSPS) is 19.6. The van der Waals surface area contributed by atoms with Gasteiger partial charge in [0.1, 0.15) is 0 Å². The summed E-state index contributed by atoms with van der Waals surface area (Å²) in [6.45, 7) is 4.84. The second kappa shape index (κ2) is 14.0. The van der Waals surface area contributed by atoms with E-state index in [1.54, 1.807) is 29.0 Å². The molecule has 1 fully saturated rings. The predicted octanol–water partition coefficient (Wildman–Crippen LogP) is 2.54. The average molecular weight is 583 g/mol. The Morgan fingerprint density at radius 1 is 1.14 bits per heavy atom. The lowest BCUT2D eigenvalue weighted by molar-refractivity contribution is -0.143. The number of hydrogen-bond acceptors (Lipinski definition) is 8. The van der Waals surface area contributed by atoms with Crippen molar-refractivity contribution in [2.45, 2.75) is 58.2 Å². The predicted molar refractivity (Wildman–Crippen MR) is 157 cm³/mol. The number of nitrogens with two attached hydrogens (primary N) is 1. The van der Waals surface area contributed by atoms with Crippen LogP contribution in [0.25, 0.3) is 0 Å². The third-order valence-electron chi connectivity index (χ3n) is 8.33. The largest absolute Gasteiger partial charge is 0.481 e. The number of fused-ring (bicyclic) bond motifs is 1. The Bertz CT molecular complexity index is 1290. The van der Waals surface area contributed by atoms with Crippen LogP contribution >= 0.6 is 0 Å². The van der Waals surface area contributed by atoms with Crippen molar-refractivity contribution in [3.05, 3.63) is 53.1 Å². The van der Waals surface area contributed by atoms with Gasteiger partial charge in [-0.05, 0) is 48.2 Å². The van der Waals surface area contributed by atoms with Crippen molar-refractivity contribution in [1.82, 2.24) is 9.80 Å². The molecule has 0 aliphatic carbocycles. The molecule has 2 heterocycles. The number of carboxylic acids is 1. The smallest absolute Gasteiger partial charge is 0.308 e. The van der Waals surface area contributed by atoms with E-state index in [9.17, 15) is 24.6 Å². The van der Waals surface area contributed by atoms with Gasteiger partial charge in [0.15, 0.2) is 11.5 Å². The number of carbonyl (C=O) groups is 3. The van der Waals surface area contributed by atoms with Crippen molar-refractivity contribution >= 4 is 23.5 Å². The molecule has 11 nitrogen and oxygen atoms in total. The fourth-order valence-corrected chi connectivity index (χ4v) is 5.94. The van der Waals surface area contributed by atoms with E-state index in [0.29, 0.717) is 55.2 Å². The number of nitrogens with zero attached hydrogens (tertiary/aromatic N) is 3. The number of anilines is 1. The van der Waals surface area contributed by atoms with Crippen LogP contribution in [0.2, 0.25) is 0 Å². The van der Waals surface area contributed by atoms with Crippen molar-refractivity contribution < 1.29 is 34.1 Å². The molecule has 1 saturated heterocycles. The van der Waals surface area contributed by atoms with E-state index in [1.807, 2.05) is 29.2 Å². The van der Waals surface area contributed by atoms with Crippen LogP contribution < -0.4 is 20.1 Å². The van der Waals surface area contributed by atoms with Crippen LogP contribution in [-0.2, 0) is 27.5 Å². The summed E-state index contributed by atoms with van der Waals surface area (Å²) in [7, 11) is 1.68. The highest BCUT2D eigenvalue weighted by molar-refractivity contribution is 5.95. The van der Waals surface area contributed by atoms with Crippen LogP contribution in [0.5, 0.6) is 11.5 Å². The zero-order valence-corrected chi connectivity index (χ0v) is 24.6. The number of carboxylic acid groups (broad SMARTS) is 1. The second-order valence-corrected chi connectivity index (χ2v) is 11.0. The van der Waals surface area contributed by atoms with Gasteiger partial charge in [-0.1, -0.05) is 25.5 Å². The maximum absolute atomic E-state index is 13.9. The summed E-state index contributed by atoms with van der Waals surface area (Å²) in [6.07, 6.45) is 2.10. The van der Waals surface area contributed by atoms with Crippen LogP contribution in [0.3, 0.4) is 0 Å². The molecule has 0 aromatic heterocycles. The molecule has 4 rings (SSSR count). The fraction of sp³-hybridized carbons (Fsp3) is 0.516. The van der Waals surface area contributed by atoms with E-state index in [0.717, 1.165) is 24.1 Å². The highest BCUT2D eigenvalue weighted by Crippen LogP contribution is 2.44. The summed E-state index contributed by atoms with van der Waals surface area (Å²) in [5.41, 5.74) is 8.77. The number of rotatable bonds is 13. The van der Waals surface area contributed by atoms with Crippen LogP contribution in [0, 0.1) is 5.92 Å². The molecule has 0 spiro atoms. The molecule has 2 aromatic carbocycles. The average Bonchev–Trinajstić information content (AvgIpc) is 3.60. The van der Waals surface area contributed by atoms with Crippen LogP contribution in [0.4, 0.5) is 5.69 Å². The van der Waals surface area contributed by atoms with E-state index in [4.69, 9.17) is 15.2 Å². The number of likely N-dealkylation sites (tertiary alicyclic amines) is 1. The van der Waals surface area contributed by atoms with Gasteiger partial charge >= 0.3 is 5.97 Å². The lowest BCUT2D eigenvalue weighted by Crippen LogP contribution is -2.45. The SMILES string of the molecule is CCCCN(C(=O)CN1C[C@H](c2cc(CO)c3c(c2)OCO3)[C@@H](C(=O)O)[C@@H]1CCN(C)C(C)=O)c1cccc(CN)c1. The first-order chi connectivity index (χ1) is 20.2. The van der Waals surface area contributed by atoms with Gasteiger partial charge in [0.25, 0.3) is 0 Å². The van der Waals surface area contributed by atoms with Gasteiger partial charge in [-0.2, -0.15) is 0 Å². The molecular weight excluding hydrogens is 540 g/mol. The van der Waals surface area contributed by atoms with E-state index in [1.165, 1.54) is 6.92 Å². The van der Waals surface area contributed by atoms with E-state index in [2.05, 4.69) is 6.92 Å². The monoisotopic (exact) mass is 582 g/mol. The lowest BCUT2D eigenvalue weighted by atomic mass is 9.83. The first kappa shape index (κ1) is 31.3. The maximum atomic E-state index is 13.9. The lowest BCUT2D eigenvalue weighted by Gasteiger charge is -2.31. The summed E-state index contributed by atoms with van der Waals surface area (Å²) in [5.74, 6) is -1.63. The molecule has 2 aliphatic heterocycles. The topological polar surface area (TPSA) is 146 Å². The molecular formula is C31H42N4O7. The van der Waals surface area contributed by atoms with E-state index in [-0.39, 0.29) is 31.8 Å². The van der Waals surface area contributed by atoms with Gasteiger partial charge in [0.05, 0.1) is 19.1 Å². The summed E-state index contributed by atoms with van der Waals surface area (Å²) in [5, 5.41) is 20.5. The summed E-state index contributed by atoms with van der Waals surface area (Å²) < 4.78 is 11.1. The Labute approximate surface area is 246 Å². The molecule has 0 radical (unpaired) electrons. The number of aliphatic hydroxyl groups excluding tert-OH is 1. The molecule has 2 aromatic rings. The highest BCUT2D eigenvalue weighted by Gasteiger charge is 2.47. The minimum Gasteiger partial charge on any atom is -0.481 e. The van der Waals surface area contributed by atoms with Crippen LogP contribution in [-0.4, -0.2) is 83.9 Å². The van der Waals surface area contributed by atoms with Gasteiger partial charge in [-0.25, -0.2) is 0 Å². The number of aliphatic hydroxyl groups is 1. The second-order valence-electron chi connectivity index (χ2n) is 11.0. The van der Waals surface area contributed by atoms with Crippen molar-refractivity contribution in [3.8, 4) is 11.5 Å². The summed E-state index contributed by atoms with van der Waals surface area (Å²) >= 11 is 0. The van der Waals surface area contributed by atoms with Gasteiger partial charge in [-0.15, -0.1) is 0 Å². The Morgan fingerprint density at radius 3 is 2.60 bits per heavy atom. The number of benzene rings is 2. The number of amides is 2. The zero-order chi connectivity index (χ0) is 30.4. The van der Waals surface area contributed by atoms with Crippen molar-refractivity contribution in [1.29, 1.82) is 0 Å². The molecule has 2 aliphatic rings. The van der Waals surface area contributed by atoms with Crippen LogP contribution in [0.15, 0.2) is 36.4 Å². The molecule has 0 saturated carbocycles. The highest BCUT2D eigenvalue weighted by atomic mass is 16.7. The maximum Gasteiger partial charge on any atom is 0.308 e. The molecule has 0 bridgehead atoms. The Balaban J connectivity index is 1.68. The molecule has 2 amide bonds. The van der Waals surface area contributed by atoms with Crippen LogP contribution in [0.1, 0.15) is 55.7 Å². The molecule has 0 unspecified atom stereocenters. The van der Waals surface area contributed by atoms with E-state index >= 15 is 0 Å². The Morgan fingerprint density at radius 2 is 1.93 bits per heavy atom.